The number of azo groups is 1. The molecule has 2 aromatic carbocycles. The second-order valence-corrected chi connectivity index (χ2v) is 8.25. The van der Waals surface area contributed by atoms with Crippen molar-refractivity contribution < 1.29 is 31.0 Å². The maximum absolute atomic E-state index is 11.1. The molecule has 0 fully saturated rings. The molecule has 0 radical (unpaired) electrons. The molecule has 146 valence electrons. The van der Waals surface area contributed by atoms with Crippen LogP contribution in [-0.2, 0) is 20.2 Å². The third-order valence-corrected chi connectivity index (χ3v) is 5.25. The molecule has 0 bridgehead atoms. The van der Waals surface area contributed by atoms with Crippen molar-refractivity contribution in [1.82, 2.24) is 9.78 Å². The molecule has 0 amide bonds. The Morgan fingerprint density at radius 2 is 1.29 bits per heavy atom. The molecule has 0 spiro atoms. The van der Waals surface area contributed by atoms with Gasteiger partial charge in [-0.3, -0.25) is 9.11 Å². The van der Waals surface area contributed by atoms with Crippen LogP contribution in [0, 0.1) is 0 Å². The van der Waals surface area contributed by atoms with Gasteiger partial charge in [0, 0.05) is 0 Å². The van der Waals surface area contributed by atoms with Crippen molar-refractivity contribution in [2.75, 3.05) is 0 Å². The molecule has 3 rings (SSSR count). The lowest BCUT2D eigenvalue weighted by molar-refractivity contribution is 0.434. The van der Waals surface area contributed by atoms with E-state index in [-0.39, 0.29) is 27.0 Å². The quantitative estimate of drug-likeness (QED) is 0.414. The van der Waals surface area contributed by atoms with E-state index < -0.39 is 20.2 Å². The maximum Gasteiger partial charge on any atom is 0.294 e. The van der Waals surface area contributed by atoms with Gasteiger partial charge in [-0.25, -0.2) is 0 Å². The van der Waals surface area contributed by atoms with Gasteiger partial charge in [-0.1, -0.05) is 0 Å². The van der Waals surface area contributed by atoms with E-state index in [9.17, 15) is 21.9 Å². The highest BCUT2D eigenvalue weighted by Crippen LogP contribution is 2.30. The summed E-state index contributed by atoms with van der Waals surface area (Å²) in [5, 5.41) is 21.8. The average molecular weight is 424 g/mol. The van der Waals surface area contributed by atoms with Crippen LogP contribution in [0.4, 0.5) is 11.4 Å². The standard InChI is InChI=1S/C15H12N4O7S2/c20-15-14(18-17-10-1-5-12(6-2-10)27(21,22)23)9-16-19(15)11-3-7-13(8-4-11)28(24,25)26/h1-9,20H,(H,21,22,23)(H,24,25,26). The van der Waals surface area contributed by atoms with E-state index in [1.807, 2.05) is 0 Å². The number of aromatic nitrogens is 2. The molecule has 11 nitrogen and oxygen atoms in total. The molecule has 0 aliphatic rings. The van der Waals surface area contributed by atoms with Gasteiger partial charge in [-0.15, -0.1) is 5.11 Å². The van der Waals surface area contributed by atoms with Crippen LogP contribution in [0.15, 0.2) is 74.7 Å². The molecule has 0 aliphatic carbocycles. The third-order valence-electron chi connectivity index (χ3n) is 3.51. The SMILES string of the molecule is O=S(=O)(O)c1ccc(N=Nc2cnn(-c3ccc(S(=O)(=O)O)cc3)c2O)cc1. The summed E-state index contributed by atoms with van der Waals surface area (Å²) < 4.78 is 63.1. The molecule has 3 N–H and O–H groups in total. The summed E-state index contributed by atoms with van der Waals surface area (Å²) in [5.41, 5.74) is 0.568. The molecule has 0 unspecified atom stereocenters. The highest BCUT2D eigenvalue weighted by molar-refractivity contribution is 7.86. The van der Waals surface area contributed by atoms with Gasteiger partial charge >= 0.3 is 0 Å². The van der Waals surface area contributed by atoms with Crippen LogP contribution in [0.1, 0.15) is 0 Å². The molecule has 3 aromatic rings. The average Bonchev–Trinajstić information content (AvgIpc) is 2.99. The van der Waals surface area contributed by atoms with E-state index >= 15 is 0 Å². The minimum atomic E-state index is -4.34. The maximum atomic E-state index is 11.1. The first-order valence-corrected chi connectivity index (χ1v) is 10.3. The summed E-state index contributed by atoms with van der Waals surface area (Å²) in [6, 6.07) is 9.83. The van der Waals surface area contributed by atoms with Gasteiger partial charge in [0.15, 0.2) is 5.69 Å². The molecule has 1 heterocycles. The topological polar surface area (TPSA) is 172 Å². The lowest BCUT2D eigenvalue weighted by Crippen LogP contribution is -2.00. The van der Waals surface area contributed by atoms with Gasteiger partial charge < -0.3 is 5.11 Å². The summed E-state index contributed by atoms with van der Waals surface area (Å²) in [5.74, 6) is -0.377. The fourth-order valence-electron chi connectivity index (χ4n) is 2.15. The van der Waals surface area contributed by atoms with Gasteiger partial charge in [0.2, 0.25) is 5.88 Å². The molecule has 1 aromatic heterocycles. The number of nitrogens with zero attached hydrogens (tertiary/aromatic N) is 4. The molecule has 28 heavy (non-hydrogen) atoms. The van der Waals surface area contributed by atoms with Crippen LogP contribution in [0.2, 0.25) is 0 Å². The highest BCUT2D eigenvalue weighted by Gasteiger charge is 2.14. The summed E-state index contributed by atoms with van der Waals surface area (Å²) in [4.78, 5) is -0.605. The monoisotopic (exact) mass is 424 g/mol. The minimum Gasteiger partial charge on any atom is -0.492 e. The normalized spacial score (nSPS) is 12.5. The van der Waals surface area contributed by atoms with Crippen LogP contribution in [0.5, 0.6) is 5.88 Å². The number of aromatic hydroxyl groups is 1. The van der Waals surface area contributed by atoms with E-state index in [1.165, 1.54) is 30.5 Å². The third kappa shape index (κ3) is 4.23. The van der Waals surface area contributed by atoms with Gasteiger partial charge in [0.05, 0.1) is 27.4 Å². The zero-order valence-corrected chi connectivity index (χ0v) is 15.4. The van der Waals surface area contributed by atoms with Crippen molar-refractivity contribution >= 4 is 31.6 Å². The summed E-state index contributed by atoms with van der Waals surface area (Å²) in [7, 11) is -8.65. The van der Waals surface area contributed by atoms with E-state index in [0.29, 0.717) is 5.69 Å². The van der Waals surface area contributed by atoms with Crippen molar-refractivity contribution in [2.24, 2.45) is 10.2 Å². The summed E-state index contributed by atoms with van der Waals surface area (Å²) in [6.45, 7) is 0. The van der Waals surface area contributed by atoms with Crippen molar-refractivity contribution in [1.29, 1.82) is 0 Å². The van der Waals surface area contributed by atoms with Gasteiger partial charge in [-0.05, 0) is 48.5 Å². The Morgan fingerprint density at radius 1 is 0.786 bits per heavy atom. The van der Waals surface area contributed by atoms with Crippen LogP contribution >= 0.6 is 0 Å². The van der Waals surface area contributed by atoms with Gasteiger partial charge in [0.25, 0.3) is 20.2 Å². The second kappa shape index (κ2) is 7.12. The lowest BCUT2D eigenvalue weighted by Gasteiger charge is -2.03. The van der Waals surface area contributed by atoms with Crippen molar-refractivity contribution in [3.63, 3.8) is 0 Å². The largest absolute Gasteiger partial charge is 0.492 e. The van der Waals surface area contributed by atoms with E-state index in [4.69, 9.17) is 9.11 Å². The first-order chi connectivity index (χ1) is 13.1. The lowest BCUT2D eigenvalue weighted by atomic mass is 10.3. The number of benzene rings is 2. The van der Waals surface area contributed by atoms with E-state index in [2.05, 4.69) is 15.3 Å². The Morgan fingerprint density at radius 3 is 1.79 bits per heavy atom. The Kier molecular flexibility index (Phi) is 4.99. The first kappa shape index (κ1) is 19.6. The van der Waals surface area contributed by atoms with Gasteiger partial charge in [0.1, 0.15) is 0 Å². The zero-order valence-electron chi connectivity index (χ0n) is 13.8. The van der Waals surface area contributed by atoms with Gasteiger partial charge in [-0.2, -0.15) is 31.7 Å². The molecule has 0 atom stereocenters. The highest BCUT2D eigenvalue weighted by atomic mass is 32.2. The predicted molar refractivity (Wildman–Crippen MR) is 95.5 cm³/mol. The van der Waals surface area contributed by atoms with Crippen molar-refractivity contribution in [2.45, 2.75) is 9.79 Å². The molecule has 13 heteroatoms. The van der Waals surface area contributed by atoms with Crippen LogP contribution in [0.25, 0.3) is 5.69 Å². The molecule has 0 saturated heterocycles. The first-order valence-electron chi connectivity index (χ1n) is 7.40. The van der Waals surface area contributed by atoms with E-state index in [0.717, 1.165) is 28.9 Å². The number of hydrogen-bond acceptors (Lipinski definition) is 8. The number of hydrogen-bond donors (Lipinski definition) is 3. The molecular weight excluding hydrogens is 412 g/mol. The predicted octanol–water partition coefficient (Wildman–Crippen LogP) is 2.49. The Labute approximate surface area is 159 Å². The van der Waals surface area contributed by atoms with Crippen molar-refractivity contribution in [3.8, 4) is 11.6 Å². The van der Waals surface area contributed by atoms with E-state index in [1.54, 1.807) is 0 Å². The van der Waals surface area contributed by atoms with Crippen molar-refractivity contribution in [3.05, 3.63) is 54.7 Å². The molecule has 0 saturated carbocycles. The molecular formula is C15H12N4O7S2. The minimum absolute atomic E-state index is 0.00212. The Balaban J connectivity index is 1.84. The Hall–Kier alpha value is -3.13. The van der Waals surface area contributed by atoms with Crippen LogP contribution < -0.4 is 0 Å². The number of rotatable bonds is 5. The summed E-state index contributed by atoms with van der Waals surface area (Å²) >= 11 is 0. The smallest absolute Gasteiger partial charge is 0.294 e. The molecule has 0 aliphatic heterocycles. The van der Waals surface area contributed by atoms with Crippen LogP contribution in [-0.4, -0.2) is 40.8 Å². The summed E-state index contributed by atoms with van der Waals surface area (Å²) in [6.07, 6.45) is 1.21. The van der Waals surface area contributed by atoms with Crippen LogP contribution in [0.3, 0.4) is 0 Å². The second-order valence-electron chi connectivity index (χ2n) is 5.40. The fourth-order valence-corrected chi connectivity index (χ4v) is 3.11. The Bertz CT molecular complexity index is 1250. The fraction of sp³-hybridized carbons (Fsp3) is 0. The zero-order chi connectivity index (χ0) is 20.5.